The number of anilines is 3. The molecule has 0 saturated heterocycles. The van der Waals surface area contributed by atoms with Gasteiger partial charge in [0.15, 0.2) is 0 Å². The average Bonchev–Trinajstić information content (AvgIpc) is 3.59. The van der Waals surface area contributed by atoms with Gasteiger partial charge in [-0.1, -0.05) is 158 Å². The van der Waals surface area contributed by atoms with E-state index in [0.717, 1.165) is 22.7 Å². The van der Waals surface area contributed by atoms with E-state index in [1.165, 1.54) is 66.0 Å². The van der Waals surface area contributed by atoms with Crippen molar-refractivity contribution in [3.8, 4) is 39.1 Å². The van der Waals surface area contributed by atoms with Crippen LogP contribution in [0.3, 0.4) is 0 Å². The molecule has 2 heteroatoms. The third-order valence-electron chi connectivity index (χ3n) is 10.6. The molecule has 54 heavy (non-hydrogen) atoms. The smallest absolute Gasteiger partial charge is 0.0541 e. The molecule has 254 valence electrons. The molecular weight excluding hydrogens is 653 g/mol. The van der Waals surface area contributed by atoms with Crippen LogP contribution in [0.5, 0.6) is 0 Å². The molecule has 0 unspecified atom stereocenters. The largest absolute Gasteiger partial charge is 0.310 e. The molecule has 9 aromatic carbocycles. The molecule has 0 radical (unpaired) electrons. The summed E-state index contributed by atoms with van der Waals surface area (Å²) in [4.78, 5) is 2.40. The van der Waals surface area contributed by atoms with Crippen molar-refractivity contribution < 1.29 is 0 Å². The normalized spacial score (nSPS) is 11.3. The van der Waals surface area contributed by atoms with Crippen molar-refractivity contribution in [2.45, 2.75) is 0 Å². The molecule has 0 spiro atoms. The quantitative estimate of drug-likeness (QED) is 0.162. The van der Waals surface area contributed by atoms with Gasteiger partial charge in [0.1, 0.15) is 0 Å². The minimum absolute atomic E-state index is 1.09. The molecule has 0 saturated carbocycles. The van der Waals surface area contributed by atoms with Crippen molar-refractivity contribution in [1.29, 1.82) is 0 Å². The molecule has 0 fully saturated rings. The summed E-state index contributed by atoms with van der Waals surface area (Å²) in [6.07, 6.45) is 0. The summed E-state index contributed by atoms with van der Waals surface area (Å²) in [7, 11) is 0. The second-order valence-corrected chi connectivity index (χ2v) is 13.8. The Morgan fingerprint density at radius 1 is 0.315 bits per heavy atom. The van der Waals surface area contributed by atoms with Gasteiger partial charge in [-0.05, 0) is 99.3 Å². The van der Waals surface area contributed by atoms with Crippen LogP contribution >= 0.6 is 0 Å². The van der Waals surface area contributed by atoms with Crippen LogP contribution in [0, 0.1) is 0 Å². The molecule has 1 aromatic heterocycles. The third kappa shape index (κ3) is 5.62. The van der Waals surface area contributed by atoms with Crippen molar-refractivity contribution in [2.24, 2.45) is 0 Å². The Morgan fingerprint density at radius 3 is 1.67 bits per heavy atom. The highest BCUT2D eigenvalue weighted by Crippen LogP contribution is 2.42. The molecule has 1 heterocycles. The zero-order chi connectivity index (χ0) is 35.8. The summed E-state index contributed by atoms with van der Waals surface area (Å²) in [5, 5.41) is 5.02. The highest BCUT2D eigenvalue weighted by Gasteiger charge is 2.19. The molecule has 0 amide bonds. The van der Waals surface area contributed by atoms with Crippen molar-refractivity contribution in [3.05, 3.63) is 218 Å². The fraction of sp³-hybridized carbons (Fsp3) is 0. The van der Waals surface area contributed by atoms with E-state index in [0.29, 0.717) is 0 Å². The van der Waals surface area contributed by atoms with Gasteiger partial charge in [0, 0.05) is 33.4 Å². The van der Waals surface area contributed by atoms with E-state index in [-0.39, 0.29) is 0 Å². The summed E-state index contributed by atoms with van der Waals surface area (Å²) < 4.78 is 2.39. The Balaban J connectivity index is 1.10. The molecule has 10 aromatic rings. The molecule has 0 aliphatic carbocycles. The monoisotopic (exact) mass is 688 g/mol. The molecular formula is C52H36N2. The number of nitrogens with zero attached hydrogens (tertiary/aromatic N) is 2. The first-order valence-corrected chi connectivity index (χ1v) is 18.5. The Morgan fingerprint density at radius 2 is 0.889 bits per heavy atom. The van der Waals surface area contributed by atoms with Gasteiger partial charge < -0.3 is 9.47 Å². The van der Waals surface area contributed by atoms with Crippen LogP contribution in [0.4, 0.5) is 17.1 Å². The minimum atomic E-state index is 1.09. The van der Waals surface area contributed by atoms with Crippen molar-refractivity contribution in [2.75, 3.05) is 4.90 Å². The Kier molecular flexibility index (Phi) is 7.85. The zero-order valence-corrected chi connectivity index (χ0v) is 29.7. The maximum absolute atomic E-state index is 2.40. The topological polar surface area (TPSA) is 8.17 Å². The Hall–Kier alpha value is -7.16. The SMILES string of the molecule is c1ccc(-c2ccccc2N(c2ccc(-c3cccc(-c4ccc5ccccc5c4)c3)cc2)c2cccc(-n3c4ccccc4c4ccccc43)c2)cc1. The van der Waals surface area contributed by atoms with Crippen molar-refractivity contribution in [3.63, 3.8) is 0 Å². The van der Waals surface area contributed by atoms with Gasteiger partial charge in [0.05, 0.1) is 16.7 Å². The van der Waals surface area contributed by atoms with E-state index >= 15 is 0 Å². The van der Waals surface area contributed by atoms with Crippen LogP contribution in [-0.4, -0.2) is 4.57 Å². The fourth-order valence-corrected chi connectivity index (χ4v) is 7.98. The van der Waals surface area contributed by atoms with Crippen molar-refractivity contribution >= 4 is 49.6 Å². The summed E-state index contributed by atoms with van der Waals surface area (Å²) in [5.41, 5.74) is 14.0. The maximum Gasteiger partial charge on any atom is 0.0541 e. The molecule has 0 N–H and O–H groups in total. The van der Waals surface area contributed by atoms with E-state index in [4.69, 9.17) is 0 Å². The molecule has 0 bridgehead atoms. The van der Waals surface area contributed by atoms with E-state index in [2.05, 4.69) is 228 Å². The van der Waals surface area contributed by atoms with Crippen molar-refractivity contribution in [1.82, 2.24) is 4.57 Å². The lowest BCUT2D eigenvalue weighted by Crippen LogP contribution is -2.11. The number of rotatable bonds is 7. The maximum atomic E-state index is 2.40. The number of benzene rings is 9. The number of para-hydroxylation sites is 3. The number of fused-ring (bicyclic) bond motifs is 4. The summed E-state index contributed by atoms with van der Waals surface area (Å²) in [6, 6.07) is 78.9. The zero-order valence-electron chi connectivity index (χ0n) is 29.7. The Labute approximate surface area is 315 Å². The van der Waals surface area contributed by atoms with Gasteiger partial charge in [-0.2, -0.15) is 0 Å². The minimum Gasteiger partial charge on any atom is -0.310 e. The summed E-state index contributed by atoms with van der Waals surface area (Å²) >= 11 is 0. The second kappa shape index (κ2) is 13.4. The number of hydrogen-bond acceptors (Lipinski definition) is 1. The van der Waals surface area contributed by atoms with Gasteiger partial charge in [-0.15, -0.1) is 0 Å². The summed E-state index contributed by atoms with van der Waals surface area (Å²) in [6.45, 7) is 0. The number of aromatic nitrogens is 1. The molecule has 10 rings (SSSR count). The lowest BCUT2D eigenvalue weighted by Gasteiger charge is -2.28. The van der Waals surface area contributed by atoms with Crippen LogP contribution < -0.4 is 4.90 Å². The highest BCUT2D eigenvalue weighted by atomic mass is 15.1. The molecule has 2 nitrogen and oxygen atoms in total. The first-order valence-electron chi connectivity index (χ1n) is 18.5. The van der Waals surface area contributed by atoms with E-state index in [9.17, 15) is 0 Å². The third-order valence-corrected chi connectivity index (χ3v) is 10.6. The van der Waals surface area contributed by atoms with Gasteiger partial charge in [0.2, 0.25) is 0 Å². The average molecular weight is 689 g/mol. The standard InChI is InChI=1S/C52H36N2/c1-2-15-39(16-3-1)47-22-6-9-25-50(47)53(45-20-13-21-46(36-45)54-51-26-10-7-23-48(51)49-24-8-11-27-52(49)54)44-32-30-38(31-33-44)41-18-12-19-42(34-41)43-29-28-37-14-4-5-17-40(37)35-43/h1-36H. The second-order valence-electron chi connectivity index (χ2n) is 13.8. The predicted octanol–water partition coefficient (Wildman–Crippen LogP) is 14.4. The first kappa shape index (κ1) is 31.6. The van der Waals surface area contributed by atoms with Crippen LogP contribution in [0.15, 0.2) is 218 Å². The van der Waals surface area contributed by atoms with Crippen LogP contribution in [-0.2, 0) is 0 Å². The van der Waals surface area contributed by atoms with E-state index < -0.39 is 0 Å². The van der Waals surface area contributed by atoms with Gasteiger partial charge in [0.25, 0.3) is 0 Å². The lowest BCUT2D eigenvalue weighted by atomic mass is 9.97. The van der Waals surface area contributed by atoms with E-state index in [1.54, 1.807) is 0 Å². The number of hydrogen-bond donors (Lipinski definition) is 0. The fourth-order valence-electron chi connectivity index (χ4n) is 7.98. The Bertz CT molecular complexity index is 2880. The lowest BCUT2D eigenvalue weighted by molar-refractivity contribution is 1.17. The molecule has 0 atom stereocenters. The highest BCUT2D eigenvalue weighted by molar-refractivity contribution is 6.09. The van der Waals surface area contributed by atoms with Gasteiger partial charge >= 0.3 is 0 Å². The van der Waals surface area contributed by atoms with Gasteiger partial charge in [-0.3, -0.25) is 0 Å². The predicted molar refractivity (Wildman–Crippen MR) is 229 cm³/mol. The van der Waals surface area contributed by atoms with Crippen LogP contribution in [0.1, 0.15) is 0 Å². The summed E-state index contributed by atoms with van der Waals surface area (Å²) in [5.74, 6) is 0. The van der Waals surface area contributed by atoms with E-state index in [1.807, 2.05) is 0 Å². The molecule has 0 aliphatic heterocycles. The molecule has 0 aliphatic rings. The van der Waals surface area contributed by atoms with Gasteiger partial charge in [-0.25, -0.2) is 0 Å². The van der Waals surface area contributed by atoms with Crippen LogP contribution in [0.25, 0.3) is 71.6 Å². The first-order chi connectivity index (χ1) is 26.8. The van der Waals surface area contributed by atoms with Crippen LogP contribution in [0.2, 0.25) is 0 Å².